The first-order chi connectivity index (χ1) is 12.5. The molecule has 6 heteroatoms. The van der Waals surface area contributed by atoms with Crippen molar-refractivity contribution in [3.05, 3.63) is 0 Å². The van der Waals surface area contributed by atoms with Crippen molar-refractivity contribution in [2.45, 2.75) is 95.6 Å². The number of nitrogens with one attached hydrogen (secondary N) is 2. The Morgan fingerprint density at radius 3 is 2.31 bits per heavy atom. The lowest BCUT2D eigenvalue weighted by Gasteiger charge is -2.34. The summed E-state index contributed by atoms with van der Waals surface area (Å²) in [5.41, 5.74) is -0.761. The van der Waals surface area contributed by atoms with Crippen LogP contribution in [0, 0.1) is 5.92 Å². The molecule has 0 bridgehead atoms. The summed E-state index contributed by atoms with van der Waals surface area (Å²) < 4.78 is 0. The van der Waals surface area contributed by atoms with Gasteiger partial charge in [-0.25, -0.2) is 4.79 Å². The molecule has 0 aromatic carbocycles. The molecule has 1 spiro atoms. The van der Waals surface area contributed by atoms with Crippen LogP contribution in [0.1, 0.15) is 84.0 Å². The first-order valence-electron chi connectivity index (χ1n) is 10.5. The third-order valence-corrected chi connectivity index (χ3v) is 6.55. The molecule has 2 aliphatic carbocycles. The zero-order chi connectivity index (χ0) is 18.6. The van der Waals surface area contributed by atoms with Crippen molar-refractivity contribution in [1.82, 2.24) is 15.5 Å². The Bertz CT molecular complexity index is 532. The van der Waals surface area contributed by atoms with Crippen LogP contribution in [-0.4, -0.2) is 40.9 Å². The van der Waals surface area contributed by atoms with Gasteiger partial charge in [0, 0.05) is 6.04 Å². The summed E-state index contributed by atoms with van der Waals surface area (Å²) in [6, 6.07) is -0.227. The number of urea groups is 1. The monoisotopic (exact) mass is 363 g/mol. The van der Waals surface area contributed by atoms with Gasteiger partial charge in [-0.15, -0.1) is 0 Å². The van der Waals surface area contributed by atoms with Crippen molar-refractivity contribution in [2.75, 3.05) is 6.54 Å². The standard InChI is InChI=1S/C20H33N3O3/c1-2-15-10-12-20(13-11-15)18(25)23(19(26)22-20)14-17(24)21-16-8-6-4-3-5-7-9-16/h15-16H,2-14H2,1H3,(H,21,24)(H,22,26). The molecule has 0 unspecified atom stereocenters. The van der Waals surface area contributed by atoms with Crippen molar-refractivity contribution in [3.63, 3.8) is 0 Å². The van der Waals surface area contributed by atoms with Crippen LogP contribution in [0.15, 0.2) is 0 Å². The molecule has 1 aliphatic heterocycles. The van der Waals surface area contributed by atoms with E-state index in [0.717, 1.165) is 49.8 Å². The highest BCUT2D eigenvalue weighted by Gasteiger charge is 2.52. The van der Waals surface area contributed by atoms with E-state index >= 15 is 0 Å². The Kier molecular flexibility index (Phi) is 6.20. The highest BCUT2D eigenvalue weighted by atomic mass is 16.2. The van der Waals surface area contributed by atoms with Crippen molar-refractivity contribution in [2.24, 2.45) is 5.92 Å². The first kappa shape index (κ1) is 19.2. The zero-order valence-corrected chi connectivity index (χ0v) is 16.0. The molecule has 3 rings (SSSR count). The number of nitrogens with zero attached hydrogens (tertiary/aromatic N) is 1. The van der Waals surface area contributed by atoms with Crippen LogP contribution >= 0.6 is 0 Å². The molecule has 6 nitrogen and oxygen atoms in total. The molecule has 0 aromatic heterocycles. The molecule has 3 aliphatic rings. The Balaban J connectivity index is 1.55. The van der Waals surface area contributed by atoms with Crippen molar-refractivity contribution < 1.29 is 14.4 Å². The molecule has 0 atom stereocenters. The molecular weight excluding hydrogens is 330 g/mol. The third-order valence-electron chi connectivity index (χ3n) is 6.55. The van der Waals surface area contributed by atoms with E-state index in [0.29, 0.717) is 18.8 Å². The number of rotatable bonds is 4. The maximum absolute atomic E-state index is 12.9. The number of hydrogen-bond acceptors (Lipinski definition) is 3. The van der Waals surface area contributed by atoms with Crippen LogP contribution in [-0.2, 0) is 9.59 Å². The lowest BCUT2D eigenvalue weighted by atomic mass is 9.75. The highest BCUT2D eigenvalue weighted by Crippen LogP contribution is 2.37. The molecule has 2 N–H and O–H groups in total. The molecule has 146 valence electrons. The highest BCUT2D eigenvalue weighted by molar-refractivity contribution is 6.09. The van der Waals surface area contributed by atoms with E-state index in [1.807, 2.05) is 0 Å². The Labute approximate surface area is 156 Å². The number of carbonyl (C=O) groups excluding carboxylic acids is 3. The van der Waals surface area contributed by atoms with Crippen LogP contribution in [0.2, 0.25) is 0 Å². The van der Waals surface area contributed by atoms with Gasteiger partial charge in [0.1, 0.15) is 12.1 Å². The maximum Gasteiger partial charge on any atom is 0.325 e. The molecular formula is C20H33N3O3. The number of amides is 4. The second-order valence-electron chi connectivity index (χ2n) is 8.36. The second kappa shape index (κ2) is 8.40. The minimum atomic E-state index is -0.761. The van der Waals surface area contributed by atoms with Gasteiger partial charge in [-0.05, 0) is 44.4 Å². The van der Waals surface area contributed by atoms with E-state index in [1.54, 1.807) is 0 Å². The minimum Gasteiger partial charge on any atom is -0.352 e. The van der Waals surface area contributed by atoms with Crippen molar-refractivity contribution in [1.29, 1.82) is 0 Å². The molecule has 2 saturated carbocycles. The molecule has 1 heterocycles. The van der Waals surface area contributed by atoms with E-state index in [9.17, 15) is 14.4 Å². The predicted molar refractivity (Wildman–Crippen MR) is 99.5 cm³/mol. The van der Waals surface area contributed by atoms with E-state index in [1.165, 1.54) is 19.3 Å². The number of hydrogen-bond donors (Lipinski definition) is 2. The summed E-state index contributed by atoms with van der Waals surface area (Å²) >= 11 is 0. The lowest BCUT2D eigenvalue weighted by Crippen LogP contribution is -2.50. The summed E-state index contributed by atoms with van der Waals surface area (Å²) in [6.45, 7) is 2.02. The van der Waals surface area contributed by atoms with Crippen LogP contribution < -0.4 is 10.6 Å². The lowest BCUT2D eigenvalue weighted by molar-refractivity contribution is -0.136. The Morgan fingerprint density at radius 2 is 1.69 bits per heavy atom. The molecule has 0 radical (unpaired) electrons. The van der Waals surface area contributed by atoms with Gasteiger partial charge in [0.2, 0.25) is 5.91 Å². The van der Waals surface area contributed by atoms with Gasteiger partial charge in [-0.3, -0.25) is 14.5 Å². The van der Waals surface area contributed by atoms with E-state index < -0.39 is 11.6 Å². The average Bonchev–Trinajstić information content (AvgIpc) is 2.82. The van der Waals surface area contributed by atoms with Gasteiger partial charge in [-0.1, -0.05) is 45.4 Å². The SMILES string of the molecule is CCC1CCC2(CC1)NC(=O)N(CC(=O)NC1CCCCCCC1)C2=O. The van der Waals surface area contributed by atoms with Crippen molar-refractivity contribution in [3.8, 4) is 0 Å². The summed E-state index contributed by atoms with van der Waals surface area (Å²) in [5, 5.41) is 5.95. The fraction of sp³-hybridized carbons (Fsp3) is 0.850. The summed E-state index contributed by atoms with van der Waals surface area (Å²) in [5.74, 6) is 0.227. The summed E-state index contributed by atoms with van der Waals surface area (Å²) in [4.78, 5) is 38.8. The van der Waals surface area contributed by atoms with Gasteiger partial charge >= 0.3 is 6.03 Å². The Hall–Kier alpha value is -1.59. The molecule has 4 amide bonds. The second-order valence-corrected chi connectivity index (χ2v) is 8.36. The van der Waals surface area contributed by atoms with Gasteiger partial charge < -0.3 is 10.6 Å². The van der Waals surface area contributed by atoms with Gasteiger partial charge in [0.25, 0.3) is 5.91 Å². The Morgan fingerprint density at radius 1 is 1.08 bits per heavy atom. The molecule has 0 aromatic rings. The fourth-order valence-electron chi connectivity index (χ4n) is 4.75. The fourth-order valence-corrected chi connectivity index (χ4v) is 4.75. The van der Waals surface area contributed by atoms with Gasteiger partial charge in [0.15, 0.2) is 0 Å². The van der Waals surface area contributed by atoms with Crippen LogP contribution in [0.3, 0.4) is 0 Å². The van der Waals surface area contributed by atoms with Gasteiger partial charge in [0.05, 0.1) is 0 Å². The molecule has 3 fully saturated rings. The van der Waals surface area contributed by atoms with E-state index in [2.05, 4.69) is 17.6 Å². The first-order valence-corrected chi connectivity index (χ1v) is 10.5. The zero-order valence-electron chi connectivity index (χ0n) is 16.0. The average molecular weight is 364 g/mol. The summed E-state index contributed by atoms with van der Waals surface area (Å²) in [7, 11) is 0. The smallest absolute Gasteiger partial charge is 0.325 e. The van der Waals surface area contributed by atoms with Crippen molar-refractivity contribution >= 4 is 17.8 Å². The topological polar surface area (TPSA) is 78.5 Å². The van der Waals surface area contributed by atoms with E-state index in [-0.39, 0.29) is 24.4 Å². The number of carbonyl (C=O) groups is 3. The van der Waals surface area contributed by atoms with E-state index in [4.69, 9.17) is 0 Å². The third kappa shape index (κ3) is 4.21. The largest absolute Gasteiger partial charge is 0.352 e. The summed E-state index contributed by atoms with van der Waals surface area (Å²) in [6.07, 6.45) is 12.4. The molecule has 1 saturated heterocycles. The van der Waals surface area contributed by atoms with Crippen LogP contribution in [0.25, 0.3) is 0 Å². The quantitative estimate of drug-likeness (QED) is 0.753. The molecule has 26 heavy (non-hydrogen) atoms. The number of imide groups is 1. The van der Waals surface area contributed by atoms with Crippen LogP contribution in [0.4, 0.5) is 4.79 Å². The maximum atomic E-state index is 12.9. The predicted octanol–water partition coefficient (Wildman–Crippen LogP) is 3.11. The normalized spacial score (nSPS) is 30.8. The van der Waals surface area contributed by atoms with Crippen LogP contribution in [0.5, 0.6) is 0 Å². The minimum absolute atomic E-state index is 0.153. The van der Waals surface area contributed by atoms with Gasteiger partial charge in [-0.2, -0.15) is 0 Å².